The van der Waals surface area contributed by atoms with Gasteiger partial charge in [0, 0.05) is 27.7 Å². The molecule has 0 bridgehead atoms. The fourth-order valence-electron chi connectivity index (χ4n) is 3.55. The number of nitrogens with one attached hydrogen (secondary N) is 2. The van der Waals surface area contributed by atoms with Crippen LogP contribution in [0.5, 0.6) is 5.75 Å². The fraction of sp³-hybridized carbons (Fsp3) is 0.238. The second kappa shape index (κ2) is 6.67. The summed E-state index contributed by atoms with van der Waals surface area (Å²) in [6.45, 7) is 2.27. The lowest BCUT2D eigenvalue weighted by Gasteiger charge is -2.18. The molecule has 5 heteroatoms. The van der Waals surface area contributed by atoms with Crippen LogP contribution in [0.4, 0.5) is 0 Å². The maximum Gasteiger partial charge on any atom is 0.271 e. The SMILES string of the molecule is CC1CCc2[nH]c3ccc(C(=O)N/N=C\c4ccccc4O)cc3c2C1. The van der Waals surface area contributed by atoms with Crippen molar-refractivity contribution in [2.24, 2.45) is 11.0 Å². The van der Waals surface area contributed by atoms with Crippen molar-refractivity contribution in [3.05, 3.63) is 64.8 Å². The Kier molecular flexibility index (Phi) is 4.21. The monoisotopic (exact) mass is 347 g/mol. The minimum absolute atomic E-state index is 0.125. The molecule has 0 saturated heterocycles. The highest BCUT2D eigenvalue weighted by molar-refractivity contribution is 5.99. The van der Waals surface area contributed by atoms with Crippen LogP contribution in [0.15, 0.2) is 47.6 Å². The summed E-state index contributed by atoms with van der Waals surface area (Å²) in [5.74, 6) is 0.527. The van der Waals surface area contributed by atoms with E-state index in [2.05, 4.69) is 22.4 Å². The van der Waals surface area contributed by atoms with Gasteiger partial charge in [0.05, 0.1) is 6.21 Å². The average molecular weight is 347 g/mol. The summed E-state index contributed by atoms with van der Waals surface area (Å²) in [5.41, 5.74) is 7.38. The summed E-state index contributed by atoms with van der Waals surface area (Å²) in [6.07, 6.45) is 4.75. The molecule has 1 aromatic heterocycles. The minimum atomic E-state index is -0.266. The van der Waals surface area contributed by atoms with E-state index in [1.165, 1.54) is 23.9 Å². The molecule has 0 fully saturated rings. The van der Waals surface area contributed by atoms with Crippen molar-refractivity contribution >= 4 is 23.0 Å². The zero-order valence-electron chi connectivity index (χ0n) is 14.6. The van der Waals surface area contributed by atoms with Crippen LogP contribution in [0.25, 0.3) is 10.9 Å². The molecular formula is C21H21N3O2. The van der Waals surface area contributed by atoms with Crippen molar-refractivity contribution in [1.29, 1.82) is 0 Å². The Balaban J connectivity index is 1.55. The number of para-hydroxylation sites is 1. The number of H-pyrrole nitrogens is 1. The van der Waals surface area contributed by atoms with Crippen LogP contribution < -0.4 is 5.43 Å². The van der Waals surface area contributed by atoms with Gasteiger partial charge in [0.15, 0.2) is 0 Å². The second-order valence-electron chi connectivity index (χ2n) is 6.95. The van der Waals surface area contributed by atoms with E-state index in [0.717, 1.165) is 23.7 Å². The third-order valence-electron chi connectivity index (χ3n) is 5.00. The van der Waals surface area contributed by atoms with Gasteiger partial charge in [-0.1, -0.05) is 19.1 Å². The maximum atomic E-state index is 12.4. The number of rotatable bonds is 3. The number of carbonyl (C=O) groups is 1. The van der Waals surface area contributed by atoms with E-state index in [9.17, 15) is 9.90 Å². The molecule has 0 radical (unpaired) electrons. The van der Waals surface area contributed by atoms with Gasteiger partial charge in [-0.05, 0) is 61.1 Å². The largest absolute Gasteiger partial charge is 0.507 e. The Hall–Kier alpha value is -3.08. The number of amides is 1. The summed E-state index contributed by atoms with van der Waals surface area (Å²) in [6, 6.07) is 12.5. The predicted octanol–water partition coefficient (Wildman–Crippen LogP) is 3.76. The number of fused-ring (bicyclic) bond motifs is 3. The highest BCUT2D eigenvalue weighted by atomic mass is 16.3. The third kappa shape index (κ3) is 3.08. The van der Waals surface area contributed by atoms with Crippen LogP contribution in [0.1, 0.15) is 40.5 Å². The summed E-state index contributed by atoms with van der Waals surface area (Å²) in [4.78, 5) is 15.9. The van der Waals surface area contributed by atoms with Gasteiger partial charge >= 0.3 is 0 Å². The van der Waals surface area contributed by atoms with E-state index < -0.39 is 0 Å². The molecule has 1 amide bonds. The van der Waals surface area contributed by atoms with Crippen LogP contribution in [0.2, 0.25) is 0 Å². The Morgan fingerprint density at radius 3 is 3.00 bits per heavy atom. The van der Waals surface area contributed by atoms with Crippen LogP contribution in [0, 0.1) is 5.92 Å². The molecule has 3 N–H and O–H groups in total. The Bertz CT molecular complexity index is 1000. The molecule has 1 atom stereocenters. The van der Waals surface area contributed by atoms with Gasteiger partial charge in [0.1, 0.15) is 5.75 Å². The van der Waals surface area contributed by atoms with Crippen molar-refractivity contribution in [3.8, 4) is 5.75 Å². The van der Waals surface area contributed by atoms with Gasteiger partial charge in [-0.3, -0.25) is 4.79 Å². The van der Waals surface area contributed by atoms with E-state index in [0.29, 0.717) is 17.0 Å². The lowest BCUT2D eigenvalue weighted by Crippen LogP contribution is -2.17. The lowest BCUT2D eigenvalue weighted by molar-refractivity contribution is 0.0955. The van der Waals surface area contributed by atoms with Crippen LogP contribution in [0.3, 0.4) is 0 Å². The normalized spacial score (nSPS) is 16.7. The number of benzene rings is 2. The zero-order chi connectivity index (χ0) is 18.1. The number of hydrazone groups is 1. The quantitative estimate of drug-likeness (QED) is 0.498. The van der Waals surface area contributed by atoms with E-state index in [4.69, 9.17) is 0 Å². The Morgan fingerprint density at radius 1 is 1.31 bits per heavy atom. The van der Waals surface area contributed by atoms with Crippen molar-refractivity contribution in [2.75, 3.05) is 0 Å². The molecular weight excluding hydrogens is 326 g/mol. The molecule has 1 unspecified atom stereocenters. The molecule has 0 saturated carbocycles. The molecule has 5 nitrogen and oxygen atoms in total. The Morgan fingerprint density at radius 2 is 2.15 bits per heavy atom. The van der Waals surface area contributed by atoms with Crippen molar-refractivity contribution in [2.45, 2.75) is 26.2 Å². The highest BCUT2D eigenvalue weighted by Gasteiger charge is 2.20. The average Bonchev–Trinajstić information content (AvgIpc) is 3.00. The van der Waals surface area contributed by atoms with Crippen LogP contribution >= 0.6 is 0 Å². The van der Waals surface area contributed by atoms with Crippen LogP contribution in [-0.4, -0.2) is 22.2 Å². The summed E-state index contributed by atoms with van der Waals surface area (Å²) in [5, 5.41) is 14.8. The van der Waals surface area contributed by atoms with Crippen molar-refractivity contribution < 1.29 is 9.90 Å². The maximum absolute atomic E-state index is 12.4. The molecule has 0 aliphatic heterocycles. The summed E-state index contributed by atoms with van der Waals surface area (Å²) < 4.78 is 0. The van der Waals surface area contributed by atoms with E-state index in [1.54, 1.807) is 30.3 Å². The van der Waals surface area contributed by atoms with Gasteiger partial charge in [-0.15, -0.1) is 0 Å². The summed E-state index contributed by atoms with van der Waals surface area (Å²) in [7, 11) is 0. The second-order valence-corrected chi connectivity index (χ2v) is 6.95. The molecule has 3 aromatic rings. The molecule has 1 aliphatic rings. The predicted molar refractivity (Wildman–Crippen MR) is 103 cm³/mol. The number of aromatic nitrogens is 1. The number of phenolic OH excluding ortho intramolecular Hbond substituents is 1. The number of aromatic amines is 1. The topological polar surface area (TPSA) is 77.5 Å². The number of aryl methyl sites for hydroxylation is 1. The van der Waals surface area contributed by atoms with Crippen molar-refractivity contribution in [3.63, 3.8) is 0 Å². The fourth-order valence-corrected chi connectivity index (χ4v) is 3.55. The first-order valence-electron chi connectivity index (χ1n) is 8.86. The van der Waals surface area contributed by atoms with Crippen LogP contribution in [-0.2, 0) is 12.8 Å². The molecule has 132 valence electrons. The molecule has 0 spiro atoms. The molecule has 1 aliphatic carbocycles. The Labute approximate surface area is 151 Å². The first-order chi connectivity index (χ1) is 12.6. The molecule has 4 rings (SSSR count). The number of hydrogen-bond donors (Lipinski definition) is 3. The van der Waals surface area contributed by atoms with E-state index in [-0.39, 0.29) is 11.7 Å². The number of carbonyl (C=O) groups excluding carboxylic acids is 1. The first-order valence-corrected chi connectivity index (χ1v) is 8.86. The number of nitrogens with zero attached hydrogens (tertiary/aromatic N) is 1. The third-order valence-corrected chi connectivity index (χ3v) is 5.00. The smallest absolute Gasteiger partial charge is 0.271 e. The zero-order valence-corrected chi connectivity index (χ0v) is 14.6. The molecule has 26 heavy (non-hydrogen) atoms. The minimum Gasteiger partial charge on any atom is -0.507 e. The van der Waals surface area contributed by atoms with Gasteiger partial charge in [0.25, 0.3) is 5.91 Å². The van der Waals surface area contributed by atoms with Gasteiger partial charge < -0.3 is 10.1 Å². The number of phenols is 1. The highest BCUT2D eigenvalue weighted by Crippen LogP contribution is 2.32. The standard InChI is InChI=1S/C21H21N3O2/c1-13-6-8-18-16(10-13)17-11-14(7-9-19(17)23-18)21(26)24-22-12-15-4-2-3-5-20(15)25/h2-5,7,9,11-13,23,25H,6,8,10H2,1H3,(H,24,26)/b22-12-. The molecule has 1 heterocycles. The summed E-state index contributed by atoms with van der Waals surface area (Å²) >= 11 is 0. The number of aromatic hydroxyl groups is 1. The van der Waals surface area contributed by atoms with Gasteiger partial charge in [0.2, 0.25) is 0 Å². The molecule has 2 aromatic carbocycles. The lowest BCUT2D eigenvalue weighted by atomic mass is 9.87. The van der Waals surface area contributed by atoms with E-state index in [1.807, 2.05) is 12.1 Å². The first kappa shape index (κ1) is 16.4. The van der Waals surface area contributed by atoms with Crippen molar-refractivity contribution in [1.82, 2.24) is 10.4 Å². The van der Waals surface area contributed by atoms with Gasteiger partial charge in [-0.25, -0.2) is 5.43 Å². The number of hydrogen-bond acceptors (Lipinski definition) is 3. The van der Waals surface area contributed by atoms with Gasteiger partial charge in [-0.2, -0.15) is 5.10 Å². The van der Waals surface area contributed by atoms with E-state index >= 15 is 0 Å².